The number of nitrogens with one attached hydrogen (secondary N) is 1. The minimum absolute atomic E-state index is 0.283. The third-order valence-electron chi connectivity index (χ3n) is 1.66. The largest absolute Gasteiger partial charge is 0.369 e. The highest BCUT2D eigenvalue weighted by atomic mass is 32.2. The summed E-state index contributed by atoms with van der Waals surface area (Å²) in [7, 11) is 1.91. The molecule has 0 fully saturated rings. The predicted molar refractivity (Wildman–Crippen MR) is 59.1 cm³/mol. The zero-order valence-corrected chi connectivity index (χ0v) is 8.93. The Hall–Kier alpha value is -1.00. The standard InChI is InChI=1S/C10H14N2OS/c1-12-6-8-3-2-4-9(5-8)14-7-10(11)13/h2-5,12H,6-7H2,1H3,(H2,11,13). The fourth-order valence-electron chi connectivity index (χ4n) is 1.10. The summed E-state index contributed by atoms with van der Waals surface area (Å²) in [6.07, 6.45) is 0. The maximum absolute atomic E-state index is 10.6. The van der Waals surface area contributed by atoms with Gasteiger partial charge in [0.2, 0.25) is 5.91 Å². The Morgan fingerprint density at radius 3 is 3.00 bits per heavy atom. The molecule has 14 heavy (non-hydrogen) atoms. The van der Waals surface area contributed by atoms with Crippen LogP contribution in [-0.4, -0.2) is 18.7 Å². The maximum Gasteiger partial charge on any atom is 0.227 e. The van der Waals surface area contributed by atoms with Crippen molar-refractivity contribution in [3.05, 3.63) is 29.8 Å². The van der Waals surface area contributed by atoms with Crippen LogP contribution in [0.25, 0.3) is 0 Å². The highest BCUT2D eigenvalue weighted by Gasteiger charge is 1.98. The molecule has 0 bridgehead atoms. The van der Waals surface area contributed by atoms with Gasteiger partial charge in [-0.3, -0.25) is 4.79 Å². The zero-order chi connectivity index (χ0) is 10.4. The number of hydrogen-bond acceptors (Lipinski definition) is 3. The van der Waals surface area contributed by atoms with Crippen LogP contribution in [0.2, 0.25) is 0 Å². The summed E-state index contributed by atoms with van der Waals surface area (Å²) in [5, 5.41) is 3.08. The minimum atomic E-state index is -0.283. The summed E-state index contributed by atoms with van der Waals surface area (Å²) < 4.78 is 0. The zero-order valence-electron chi connectivity index (χ0n) is 8.12. The van der Waals surface area contributed by atoms with Crippen LogP contribution in [0.5, 0.6) is 0 Å². The number of amides is 1. The Balaban J connectivity index is 2.58. The molecule has 0 unspecified atom stereocenters. The molecule has 0 heterocycles. The molecule has 0 aliphatic heterocycles. The summed E-state index contributed by atoms with van der Waals surface area (Å²) >= 11 is 1.47. The lowest BCUT2D eigenvalue weighted by Gasteiger charge is -2.03. The van der Waals surface area contributed by atoms with E-state index in [9.17, 15) is 4.79 Å². The highest BCUT2D eigenvalue weighted by molar-refractivity contribution is 8.00. The summed E-state index contributed by atoms with van der Waals surface area (Å²) in [4.78, 5) is 11.7. The molecular weight excluding hydrogens is 196 g/mol. The number of carbonyl (C=O) groups is 1. The number of benzene rings is 1. The van der Waals surface area contributed by atoms with Crippen molar-refractivity contribution in [2.24, 2.45) is 5.73 Å². The van der Waals surface area contributed by atoms with Crippen molar-refractivity contribution >= 4 is 17.7 Å². The third kappa shape index (κ3) is 3.81. The first-order valence-electron chi connectivity index (χ1n) is 4.37. The fourth-order valence-corrected chi connectivity index (χ4v) is 1.82. The highest BCUT2D eigenvalue weighted by Crippen LogP contribution is 2.18. The van der Waals surface area contributed by atoms with Crippen molar-refractivity contribution in [3.63, 3.8) is 0 Å². The number of thioether (sulfide) groups is 1. The van der Waals surface area contributed by atoms with E-state index in [-0.39, 0.29) is 5.91 Å². The van der Waals surface area contributed by atoms with Crippen molar-refractivity contribution in [1.29, 1.82) is 0 Å². The summed E-state index contributed by atoms with van der Waals surface area (Å²) in [5.41, 5.74) is 6.28. The van der Waals surface area contributed by atoms with Crippen LogP contribution >= 0.6 is 11.8 Å². The molecule has 0 saturated carbocycles. The van der Waals surface area contributed by atoms with Crippen LogP contribution in [0.1, 0.15) is 5.56 Å². The SMILES string of the molecule is CNCc1cccc(SCC(N)=O)c1. The lowest BCUT2D eigenvalue weighted by Crippen LogP contribution is -2.13. The number of rotatable bonds is 5. The molecule has 76 valence electrons. The summed E-state index contributed by atoms with van der Waals surface area (Å²) in [6.45, 7) is 0.838. The molecule has 0 spiro atoms. The predicted octanol–water partition coefficient (Wildman–Crippen LogP) is 0.983. The second-order valence-electron chi connectivity index (χ2n) is 2.93. The first-order chi connectivity index (χ1) is 6.72. The second kappa shape index (κ2) is 5.67. The fraction of sp³-hybridized carbons (Fsp3) is 0.300. The number of hydrogen-bond donors (Lipinski definition) is 2. The Morgan fingerprint density at radius 2 is 2.36 bits per heavy atom. The van der Waals surface area contributed by atoms with Crippen molar-refractivity contribution in [1.82, 2.24) is 5.32 Å². The van der Waals surface area contributed by atoms with Gasteiger partial charge >= 0.3 is 0 Å². The van der Waals surface area contributed by atoms with E-state index in [2.05, 4.69) is 11.4 Å². The van der Waals surface area contributed by atoms with Crippen LogP contribution in [0.15, 0.2) is 29.2 Å². The topological polar surface area (TPSA) is 55.1 Å². The van der Waals surface area contributed by atoms with Crippen molar-refractivity contribution in [3.8, 4) is 0 Å². The first-order valence-corrected chi connectivity index (χ1v) is 5.35. The van der Waals surface area contributed by atoms with Crippen molar-refractivity contribution < 1.29 is 4.79 Å². The summed E-state index contributed by atoms with van der Waals surface area (Å²) in [6, 6.07) is 8.07. The lowest BCUT2D eigenvalue weighted by molar-refractivity contribution is -0.115. The molecule has 3 N–H and O–H groups in total. The molecule has 0 radical (unpaired) electrons. The summed E-state index contributed by atoms with van der Waals surface area (Å²) in [5.74, 6) is 0.0530. The molecule has 3 nitrogen and oxygen atoms in total. The van der Waals surface area contributed by atoms with Crippen molar-refractivity contribution in [2.75, 3.05) is 12.8 Å². The maximum atomic E-state index is 10.6. The van der Waals surface area contributed by atoms with Gasteiger partial charge in [0.1, 0.15) is 0 Å². The molecule has 0 aliphatic carbocycles. The quantitative estimate of drug-likeness (QED) is 0.712. The molecule has 4 heteroatoms. The number of carbonyl (C=O) groups excluding carboxylic acids is 1. The number of primary amides is 1. The smallest absolute Gasteiger partial charge is 0.227 e. The monoisotopic (exact) mass is 210 g/mol. The van der Waals surface area contributed by atoms with Gasteiger partial charge in [0, 0.05) is 11.4 Å². The Kier molecular flexibility index (Phi) is 4.49. The van der Waals surface area contributed by atoms with Gasteiger partial charge in [0.15, 0.2) is 0 Å². The van der Waals surface area contributed by atoms with Crippen LogP contribution in [0.3, 0.4) is 0 Å². The van der Waals surface area contributed by atoms with Crippen molar-refractivity contribution in [2.45, 2.75) is 11.4 Å². The molecule has 1 aromatic rings. The molecule has 0 atom stereocenters. The second-order valence-corrected chi connectivity index (χ2v) is 3.98. The molecule has 0 aromatic heterocycles. The van der Waals surface area contributed by atoms with Gasteiger partial charge < -0.3 is 11.1 Å². The third-order valence-corrected chi connectivity index (χ3v) is 2.68. The van der Waals surface area contributed by atoms with E-state index >= 15 is 0 Å². The Morgan fingerprint density at radius 1 is 1.57 bits per heavy atom. The van der Waals surface area contributed by atoms with E-state index in [0.717, 1.165) is 11.4 Å². The van der Waals surface area contributed by atoms with Crippen LogP contribution in [-0.2, 0) is 11.3 Å². The Bertz CT molecular complexity index is 315. The van der Waals surface area contributed by atoms with E-state index in [1.165, 1.54) is 17.3 Å². The van der Waals surface area contributed by atoms with E-state index in [1.54, 1.807) is 0 Å². The van der Waals surface area contributed by atoms with Gasteiger partial charge in [-0.15, -0.1) is 11.8 Å². The average molecular weight is 210 g/mol. The van der Waals surface area contributed by atoms with E-state index in [4.69, 9.17) is 5.73 Å². The van der Waals surface area contributed by atoms with Gasteiger partial charge in [-0.2, -0.15) is 0 Å². The van der Waals surface area contributed by atoms with Gasteiger partial charge in [-0.1, -0.05) is 12.1 Å². The first kappa shape index (κ1) is 11.1. The normalized spacial score (nSPS) is 10.1. The minimum Gasteiger partial charge on any atom is -0.369 e. The van der Waals surface area contributed by atoms with E-state index < -0.39 is 0 Å². The molecule has 0 saturated heterocycles. The van der Waals surface area contributed by atoms with Gasteiger partial charge in [-0.25, -0.2) is 0 Å². The van der Waals surface area contributed by atoms with Gasteiger partial charge in [-0.05, 0) is 24.7 Å². The molecular formula is C10H14N2OS. The van der Waals surface area contributed by atoms with Crippen LogP contribution in [0, 0.1) is 0 Å². The van der Waals surface area contributed by atoms with Gasteiger partial charge in [0.25, 0.3) is 0 Å². The molecule has 0 aliphatic rings. The number of nitrogens with two attached hydrogens (primary N) is 1. The van der Waals surface area contributed by atoms with Crippen LogP contribution < -0.4 is 11.1 Å². The molecule has 1 amide bonds. The van der Waals surface area contributed by atoms with Gasteiger partial charge in [0.05, 0.1) is 5.75 Å². The molecule has 1 aromatic carbocycles. The average Bonchev–Trinajstić information content (AvgIpc) is 2.16. The Labute approximate surface area is 88.1 Å². The van der Waals surface area contributed by atoms with E-state index in [1.807, 2.05) is 25.2 Å². The van der Waals surface area contributed by atoms with E-state index in [0.29, 0.717) is 5.75 Å². The lowest BCUT2D eigenvalue weighted by atomic mass is 10.2. The molecule has 1 rings (SSSR count). The van der Waals surface area contributed by atoms with Crippen LogP contribution in [0.4, 0.5) is 0 Å².